The van der Waals surface area contributed by atoms with E-state index in [1.165, 1.54) is 11.3 Å². The summed E-state index contributed by atoms with van der Waals surface area (Å²) in [7, 11) is 1.57. The number of pyridine rings is 1. The number of carbonyl (C=O) groups excluding carboxylic acids is 2. The number of hydrazine groups is 1. The van der Waals surface area contributed by atoms with Crippen molar-refractivity contribution in [3.05, 3.63) is 46.1 Å². The predicted octanol–water partition coefficient (Wildman–Crippen LogP) is 2.05. The molecule has 0 radical (unpaired) electrons. The molecule has 0 aliphatic carbocycles. The molecular formula is C23H26N8O3S. The Balaban J connectivity index is 1.66. The molecule has 12 heteroatoms. The standard InChI is InChI=1S/C23H26N8O3S/c1-3-26-23(33)30-19-7-16(17(11-27-19)14-6-15(9-25-8-14)21(32)31-24)22-29-18(12-35-22)13-4-5-20(34-2)28-10-13/h4-5,8-10,12,15H,3,6-7,11,24H2,1-2H3,(H,31,32)(H2,26,27,30,33). The molecule has 11 nitrogen and oxygen atoms in total. The van der Waals surface area contributed by atoms with Crippen LogP contribution in [0, 0.1) is 5.92 Å². The van der Waals surface area contributed by atoms with Gasteiger partial charge >= 0.3 is 6.03 Å². The summed E-state index contributed by atoms with van der Waals surface area (Å²) < 4.78 is 5.14. The molecule has 2 aromatic heterocycles. The number of hydrogen-bond acceptors (Lipinski definition) is 9. The number of rotatable bonds is 6. The Bertz CT molecular complexity index is 1230. The van der Waals surface area contributed by atoms with Crippen molar-refractivity contribution in [2.24, 2.45) is 21.7 Å². The van der Waals surface area contributed by atoms with Gasteiger partial charge in [-0.1, -0.05) is 0 Å². The van der Waals surface area contributed by atoms with Crippen molar-refractivity contribution in [1.82, 2.24) is 26.0 Å². The number of amidine groups is 1. The fourth-order valence-electron chi connectivity index (χ4n) is 3.76. The van der Waals surface area contributed by atoms with Gasteiger partial charge in [0, 0.05) is 54.2 Å². The first kappa shape index (κ1) is 24.2. The molecule has 4 rings (SSSR count). The average Bonchev–Trinajstić information content (AvgIpc) is 3.39. The number of ether oxygens (including phenoxy) is 1. The van der Waals surface area contributed by atoms with E-state index in [4.69, 9.17) is 15.6 Å². The zero-order valence-electron chi connectivity index (χ0n) is 19.4. The summed E-state index contributed by atoms with van der Waals surface area (Å²) in [5.74, 6) is 5.64. The molecule has 2 aliphatic rings. The van der Waals surface area contributed by atoms with Crippen LogP contribution < -0.4 is 26.6 Å². The smallest absolute Gasteiger partial charge is 0.320 e. The van der Waals surface area contributed by atoms with E-state index in [9.17, 15) is 9.59 Å². The van der Waals surface area contributed by atoms with Crippen LogP contribution in [0.25, 0.3) is 16.8 Å². The number of aliphatic imine (C=N–C) groups is 2. The van der Waals surface area contributed by atoms with Gasteiger partial charge in [0.25, 0.3) is 0 Å². The molecule has 0 bridgehead atoms. The van der Waals surface area contributed by atoms with Gasteiger partial charge in [0.1, 0.15) is 10.8 Å². The third kappa shape index (κ3) is 5.61. The van der Waals surface area contributed by atoms with E-state index in [1.54, 1.807) is 31.8 Å². The second kappa shape index (κ2) is 11.0. The number of carbonyl (C=O) groups is 2. The van der Waals surface area contributed by atoms with Gasteiger partial charge < -0.3 is 10.1 Å². The molecule has 2 aromatic rings. The van der Waals surface area contributed by atoms with Crippen LogP contribution in [0.1, 0.15) is 24.8 Å². The van der Waals surface area contributed by atoms with E-state index in [2.05, 4.69) is 31.0 Å². The molecule has 5 N–H and O–H groups in total. The number of aromatic nitrogens is 2. The van der Waals surface area contributed by atoms with Crippen molar-refractivity contribution in [3.63, 3.8) is 0 Å². The third-order valence-corrected chi connectivity index (χ3v) is 6.44. The van der Waals surface area contributed by atoms with Crippen LogP contribution in [-0.4, -0.2) is 54.2 Å². The van der Waals surface area contributed by atoms with Crippen LogP contribution in [0.5, 0.6) is 5.88 Å². The van der Waals surface area contributed by atoms with Crippen LogP contribution in [0.2, 0.25) is 0 Å². The van der Waals surface area contributed by atoms with Gasteiger partial charge in [-0.25, -0.2) is 20.6 Å². The van der Waals surface area contributed by atoms with E-state index >= 15 is 0 Å². The Kier molecular flexibility index (Phi) is 7.63. The molecule has 4 heterocycles. The van der Waals surface area contributed by atoms with Crippen LogP contribution in [-0.2, 0) is 4.79 Å². The predicted molar refractivity (Wildman–Crippen MR) is 135 cm³/mol. The Morgan fingerprint density at radius 2 is 2.14 bits per heavy atom. The summed E-state index contributed by atoms with van der Waals surface area (Å²) in [5.41, 5.74) is 6.59. The number of thiazole rings is 1. The van der Waals surface area contributed by atoms with Crippen LogP contribution in [0.15, 0.2) is 51.0 Å². The van der Waals surface area contributed by atoms with Crippen molar-refractivity contribution >= 4 is 40.9 Å². The van der Waals surface area contributed by atoms with Crippen molar-refractivity contribution in [2.45, 2.75) is 19.8 Å². The van der Waals surface area contributed by atoms with Gasteiger partial charge in [0.2, 0.25) is 11.8 Å². The summed E-state index contributed by atoms with van der Waals surface area (Å²) in [6, 6.07) is 3.38. The second-order valence-electron chi connectivity index (χ2n) is 7.78. The Labute approximate surface area is 206 Å². The van der Waals surface area contributed by atoms with Gasteiger partial charge in [-0.15, -0.1) is 11.3 Å². The van der Waals surface area contributed by atoms with Gasteiger partial charge in [-0.05, 0) is 30.6 Å². The maximum absolute atomic E-state index is 12.1. The van der Waals surface area contributed by atoms with Crippen LogP contribution in [0.3, 0.4) is 0 Å². The highest BCUT2D eigenvalue weighted by Gasteiger charge is 2.27. The number of methoxy groups -OCH3 is 1. The van der Waals surface area contributed by atoms with Gasteiger partial charge in [0.05, 0.1) is 25.3 Å². The minimum Gasteiger partial charge on any atom is -0.481 e. The fourth-order valence-corrected chi connectivity index (χ4v) is 4.67. The second-order valence-corrected chi connectivity index (χ2v) is 8.64. The molecule has 0 spiro atoms. The lowest BCUT2D eigenvalue weighted by Gasteiger charge is -2.24. The van der Waals surface area contributed by atoms with E-state index in [-0.39, 0.29) is 11.9 Å². The highest BCUT2D eigenvalue weighted by molar-refractivity contribution is 7.11. The zero-order valence-corrected chi connectivity index (χ0v) is 20.2. The first-order valence-electron chi connectivity index (χ1n) is 11.0. The van der Waals surface area contributed by atoms with Crippen molar-refractivity contribution in [2.75, 3.05) is 20.2 Å². The molecule has 1 unspecified atom stereocenters. The lowest BCUT2D eigenvalue weighted by Crippen LogP contribution is -2.40. The number of hydrogen-bond donors (Lipinski definition) is 4. The molecule has 182 valence electrons. The highest BCUT2D eigenvalue weighted by atomic mass is 32.1. The number of dihydropyridines is 1. The lowest BCUT2D eigenvalue weighted by molar-refractivity contribution is -0.122. The molecule has 0 fully saturated rings. The number of amides is 3. The Hall–Kier alpha value is -3.90. The van der Waals surface area contributed by atoms with E-state index in [0.29, 0.717) is 37.6 Å². The third-order valence-electron chi connectivity index (χ3n) is 5.54. The number of urea groups is 1. The molecule has 35 heavy (non-hydrogen) atoms. The van der Waals surface area contributed by atoms with E-state index < -0.39 is 5.92 Å². The first-order valence-corrected chi connectivity index (χ1v) is 11.9. The topological polar surface area (TPSA) is 156 Å². The minimum absolute atomic E-state index is 0.303. The van der Waals surface area contributed by atoms with Crippen molar-refractivity contribution in [3.8, 4) is 17.1 Å². The molecule has 0 aromatic carbocycles. The maximum Gasteiger partial charge on any atom is 0.320 e. The summed E-state index contributed by atoms with van der Waals surface area (Å²) in [5, 5.41) is 8.30. The highest BCUT2D eigenvalue weighted by Crippen LogP contribution is 2.36. The Morgan fingerprint density at radius 1 is 1.29 bits per heavy atom. The largest absolute Gasteiger partial charge is 0.481 e. The number of nitrogens with zero attached hydrogens (tertiary/aromatic N) is 4. The van der Waals surface area contributed by atoms with Crippen LogP contribution in [0.4, 0.5) is 4.79 Å². The van der Waals surface area contributed by atoms with Crippen LogP contribution >= 0.6 is 11.3 Å². The summed E-state index contributed by atoms with van der Waals surface area (Å²) >= 11 is 1.50. The molecule has 2 aliphatic heterocycles. The Morgan fingerprint density at radius 3 is 2.86 bits per heavy atom. The quantitative estimate of drug-likeness (QED) is 0.274. The maximum atomic E-state index is 12.1. The average molecular weight is 495 g/mol. The van der Waals surface area contributed by atoms with Crippen molar-refractivity contribution in [1.29, 1.82) is 0 Å². The molecule has 3 amide bonds. The van der Waals surface area contributed by atoms with Gasteiger partial charge in [0.15, 0.2) is 0 Å². The molecule has 0 saturated carbocycles. The SMILES string of the molecule is CCNC(=O)NC1=NCC(C2=CN=CC(C(=O)NN)C2)=C(c2nc(-c3ccc(OC)nc3)cs2)C1. The summed E-state index contributed by atoms with van der Waals surface area (Å²) in [6.45, 7) is 2.68. The molecule has 0 saturated heterocycles. The molecular weight excluding hydrogens is 468 g/mol. The fraction of sp³-hybridized carbons (Fsp3) is 0.304. The zero-order chi connectivity index (χ0) is 24.8. The van der Waals surface area contributed by atoms with Gasteiger partial charge in [-0.2, -0.15) is 0 Å². The molecule has 1 atom stereocenters. The number of nitrogens with two attached hydrogens (primary N) is 1. The number of nitrogens with one attached hydrogen (secondary N) is 3. The monoisotopic (exact) mass is 494 g/mol. The summed E-state index contributed by atoms with van der Waals surface area (Å²) in [6.07, 6.45) is 5.87. The van der Waals surface area contributed by atoms with E-state index in [1.807, 2.05) is 18.4 Å². The summed E-state index contributed by atoms with van der Waals surface area (Å²) in [4.78, 5) is 42.2. The van der Waals surface area contributed by atoms with Crippen molar-refractivity contribution < 1.29 is 14.3 Å². The minimum atomic E-state index is -0.468. The van der Waals surface area contributed by atoms with E-state index in [0.717, 1.165) is 33.0 Å². The first-order chi connectivity index (χ1) is 17.0. The van der Waals surface area contributed by atoms with Gasteiger partial charge in [-0.3, -0.25) is 25.5 Å². The normalized spacial score (nSPS) is 17.4. The lowest BCUT2D eigenvalue weighted by atomic mass is 9.88.